The topological polar surface area (TPSA) is 40.0 Å². The maximum atomic E-state index is 5.91. The molecule has 0 radical (unpaired) electrons. The maximum Gasteiger partial charge on any atom is 0.500 e. The summed E-state index contributed by atoms with van der Waals surface area (Å²) in [4.78, 5) is 4.83. The highest BCUT2D eigenvalue weighted by Crippen LogP contribution is 2.22. The van der Waals surface area contributed by atoms with E-state index in [1.54, 1.807) is 0 Å². The van der Waals surface area contributed by atoms with E-state index in [2.05, 4.69) is 41.5 Å². The van der Waals surface area contributed by atoms with Crippen LogP contribution in [0.2, 0.25) is 6.04 Å². The first-order chi connectivity index (χ1) is 12.2. The van der Waals surface area contributed by atoms with Crippen LogP contribution in [-0.2, 0) is 13.3 Å². The monoisotopic (exact) mass is 385 g/mol. The van der Waals surface area contributed by atoms with Crippen LogP contribution in [0.4, 0.5) is 0 Å². The van der Waals surface area contributed by atoms with Crippen molar-refractivity contribution >= 4 is 14.5 Å². The van der Waals surface area contributed by atoms with E-state index in [1.165, 1.54) is 16.9 Å². The molecule has 0 aromatic carbocycles. The Morgan fingerprint density at radius 1 is 0.885 bits per heavy atom. The lowest BCUT2D eigenvalue weighted by Crippen LogP contribution is -2.46. The number of hydrogen-bond acceptors (Lipinski definition) is 4. The summed E-state index contributed by atoms with van der Waals surface area (Å²) < 4.78 is 17.7. The Hall–Kier alpha value is -0.493. The molecule has 26 heavy (non-hydrogen) atoms. The fourth-order valence-corrected chi connectivity index (χ4v) is 5.74. The van der Waals surface area contributed by atoms with Crippen molar-refractivity contribution in [2.24, 2.45) is 16.8 Å². The van der Waals surface area contributed by atoms with E-state index in [9.17, 15) is 0 Å². The molecule has 0 heterocycles. The van der Waals surface area contributed by atoms with Crippen LogP contribution in [0.3, 0.4) is 0 Å². The predicted molar refractivity (Wildman–Crippen MR) is 115 cm³/mol. The van der Waals surface area contributed by atoms with Crippen molar-refractivity contribution in [1.29, 1.82) is 0 Å². The minimum Gasteiger partial charge on any atom is -0.374 e. The minimum absolute atomic E-state index is 0.404. The summed E-state index contributed by atoms with van der Waals surface area (Å²) >= 11 is 0. The molecule has 1 unspecified atom stereocenters. The highest BCUT2D eigenvalue weighted by molar-refractivity contribution is 6.60. The zero-order valence-corrected chi connectivity index (χ0v) is 19.8. The molecule has 0 N–H and O–H groups in total. The number of allylic oxidation sites excluding steroid dienone is 2. The third-order valence-corrected chi connectivity index (χ3v) is 7.91. The summed E-state index contributed by atoms with van der Waals surface area (Å²) in [6.07, 6.45) is 2.10. The highest BCUT2D eigenvalue weighted by Gasteiger charge is 2.39. The second-order valence-corrected chi connectivity index (χ2v) is 10.1. The second kappa shape index (κ2) is 13.6. The van der Waals surface area contributed by atoms with Gasteiger partial charge in [-0.3, -0.25) is 4.99 Å². The van der Waals surface area contributed by atoms with Gasteiger partial charge < -0.3 is 13.3 Å². The van der Waals surface area contributed by atoms with E-state index in [0.29, 0.717) is 31.7 Å². The molecule has 0 aliphatic heterocycles. The molecule has 0 aliphatic rings. The van der Waals surface area contributed by atoms with Gasteiger partial charge in [0.1, 0.15) is 0 Å². The smallest absolute Gasteiger partial charge is 0.374 e. The molecule has 1 atom stereocenters. The molecule has 0 rings (SSSR count). The average molecular weight is 386 g/mol. The van der Waals surface area contributed by atoms with Crippen LogP contribution in [0.15, 0.2) is 16.1 Å². The van der Waals surface area contributed by atoms with Crippen LogP contribution in [0.1, 0.15) is 75.2 Å². The predicted octanol–water partition coefficient (Wildman–Crippen LogP) is 5.90. The largest absolute Gasteiger partial charge is 0.500 e. The summed E-state index contributed by atoms with van der Waals surface area (Å²) in [6, 6.07) is 0.828. The Balaban J connectivity index is 4.78. The van der Waals surface area contributed by atoms with Crippen LogP contribution in [0, 0.1) is 11.8 Å². The van der Waals surface area contributed by atoms with Crippen molar-refractivity contribution in [3.63, 3.8) is 0 Å². The lowest BCUT2D eigenvalue weighted by molar-refractivity contribution is 0.0710. The van der Waals surface area contributed by atoms with Crippen molar-refractivity contribution < 1.29 is 13.3 Å². The van der Waals surface area contributed by atoms with Gasteiger partial charge in [-0.2, -0.15) is 0 Å². The number of hydrogen-bond donors (Lipinski definition) is 0. The minimum atomic E-state index is -2.53. The molecule has 0 fully saturated rings. The van der Waals surface area contributed by atoms with Gasteiger partial charge >= 0.3 is 8.80 Å². The Labute approximate surface area is 163 Å². The number of nitrogens with zero attached hydrogens (tertiary/aromatic N) is 1. The SMILES string of the molecule is CCO[Si](CCCN=C(C)C(C)C(C)=C(C)CC(C)C)(OCC)OCC. The normalized spacial score (nSPS) is 15.4. The molecule has 0 aromatic rings. The van der Waals surface area contributed by atoms with Crippen molar-refractivity contribution in [1.82, 2.24) is 0 Å². The van der Waals surface area contributed by atoms with E-state index in [1.807, 2.05) is 20.8 Å². The van der Waals surface area contributed by atoms with E-state index in [4.69, 9.17) is 18.3 Å². The highest BCUT2D eigenvalue weighted by atomic mass is 28.4. The van der Waals surface area contributed by atoms with Crippen molar-refractivity contribution in [3.8, 4) is 0 Å². The van der Waals surface area contributed by atoms with Gasteiger partial charge in [-0.05, 0) is 60.3 Å². The molecule has 0 saturated heterocycles. The summed E-state index contributed by atoms with van der Waals surface area (Å²) in [5.41, 5.74) is 4.17. The van der Waals surface area contributed by atoms with Gasteiger partial charge in [0.15, 0.2) is 0 Å². The third-order valence-electron chi connectivity index (χ3n) is 4.76. The van der Waals surface area contributed by atoms with Gasteiger partial charge in [0.2, 0.25) is 0 Å². The van der Waals surface area contributed by atoms with Gasteiger partial charge in [0.05, 0.1) is 0 Å². The van der Waals surface area contributed by atoms with Gasteiger partial charge in [0, 0.05) is 44.0 Å². The average Bonchev–Trinajstić information content (AvgIpc) is 2.57. The molecule has 4 nitrogen and oxygen atoms in total. The molecular weight excluding hydrogens is 342 g/mol. The molecule has 0 aromatic heterocycles. The van der Waals surface area contributed by atoms with Crippen LogP contribution >= 0.6 is 0 Å². The zero-order chi connectivity index (χ0) is 20.2. The van der Waals surface area contributed by atoms with Gasteiger partial charge in [-0.1, -0.05) is 31.9 Å². The van der Waals surface area contributed by atoms with Gasteiger partial charge in [-0.15, -0.1) is 0 Å². The molecule has 0 spiro atoms. The summed E-state index contributed by atoms with van der Waals surface area (Å²) in [5, 5.41) is 0. The van der Waals surface area contributed by atoms with Gasteiger partial charge in [-0.25, -0.2) is 0 Å². The van der Waals surface area contributed by atoms with Crippen LogP contribution in [-0.4, -0.2) is 40.9 Å². The standard InChI is InChI=1S/C21H43NO3Si/c1-10-23-26(24-11-2,25-12-3)15-13-14-22-21(9)20(8)19(7)18(6)16-17(4)5/h17,20H,10-16H2,1-9H3. The summed E-state index contributed by atoms with van der Waals surface area (Å²) in [5.74, 6) is 1.10. The Morgan fingerprint density at radius 2 is 1.38 bits per heavy atom. The maximum absolute atomic E-state index is 5.91. The lowest BCUT2D eigenvalue weighted by Gasteiger charge is -2.28. The lowest BCUT2D eigenvalue weighted by atomic mass is 9.90. The third kappa shape index (κ3) is 9.44. The quantitative estimate of drug-likeness (QED) is 0.162. The van der Waals surface area contributed by atoms with Crippen LogP contribution in [0.5, 0.6) is 0 Å². The molecule has 0 amide bonds. The Morgan fingerprint density at radius 3 is 1.81 bits per heavy atom. The fraction of sp³-hybridized carbons (Fsp3) is 0.857. The van der Waals surface area contributed by atoms with Crippen LogP contribution in [0.25, 0.3) is 0 Å². The second-order valence-electron chi connectivity index (χ2n) is 7.39. The van der Waals surface area contributed by atoms with Gasteiger partial charge in [0.25, 0.3) is 0 Å². The van der Waals surface area contributed by atoms with Crippen molar-refractivity contribution in [2.45, 2.75) is 81.2 Å². The molecule has 0 aliphatic carbocycles. The van der Waals surface area contributed by atoms with E-state index in [-0.39, 0.29) is 0 Å². The molecule has 5 heteroatoms. The molecule has 0 saturated carbocycles. The van der Waals surface area contributed by atoms with Crippen molar-refractivity contribution in [2.75, 3.05) is 26.4 Å². The van der Waals surface area contributed by atoms with E-state index >= 15 is 0 Å². The number of aliphatic imine (C=N–C) groups is 1. The Bertz CT molecular complexity index is 430. The fourth-order valence-electron chi connectivity index (χ4n) is 3.15. The van der Waals surface area contributed by atoms with Crippen molar-refractivity contribution in [3.05, 3.63) is 11.1 Å². The summed E-state index contributed by atoms with van der Waals surface area (Å²) in [7, 11) is -2.53. The van der Waals surface area contributed by atoms with Crippen LogP contribution < -0.4 is 0 Å². The first-order valence-corrected chi connectivity index (χ1v) is 12.2. The molecule has 0 bridgehead atoms. The summed E-state index contributed by atoms with van der Waals surface area (Å²) in [6.45, 7) is 22.1. The molecule has 154 valence electrons. The Kier molecular flexibility index (Phi) is 13.4. The zero-order valence-electron chi connectivity index (χ0n) is 18.8. The molecular formula is C21H43NO3Si. The first-order valence-electron chi connectivity index (χ1n) is 10.3. The number of rotatable bonds is 14. The first kappa shape index (κ1) is 25.5. The van der Waals surface area contributed by atoms with E-state index in [0.717, 1.165) is 25.4 Å². The van der Waals surface area contributed by atoms with E-state index < -0.39 is 8.80 Å².